The summed E-state index contributed by atoms with van der Waals surface area (Å²) in [4.78, 5) is 0. The Labute approximate surface area is 106 Å². The van der Waals surface area contributed by atoms with E-state index in [2.05, 4.69) is 12.6 Å². The highest BCUT2D eigenvalue weighted by Gasteiger charge is 2.33. The van der Waals surface area contributed by atoms with Crippen LogP contribution in [0.5, 0.6) is 5.75 Å². The number of rotatable bonds is 4. The van der Waals surface area contributed by atoms with E-state index in [9.17, 15) is 8.78 Å². The van der Waals surface area contributed by atoms with Crippen molar-refractivity contribution in [3.63, 3.8) is 0 Å². The van der Waals surface area contributed by atoms with Gasteiger partial charge in [0.15, 0.2) is 11.6 Å². The lowest BCUT2D eigenvalue weighted by molar-refractivity contribution is 0.166. The van der Waals surface area contributed by atoms with Gasteiger partial charge in [-0.05, 0) is 30.7 Å². The highest BCUT2D eigenvalue weighted by Crippen LogP contribution is 2.39. The smallest absolute Gasteiger partial charge is 0.200 e. The van der Waals surface area contributed by atoms with Crippen molar-refractivity contribution < 1.29 is 13.5 Å². The van der Waals surface area contributed by atoms with Gasteiger partial charge in [0.05, 0.1) is 6.61 Å². The molecule has 94 valence electrons. The molecule has 1 saturated carbocycles. The van der Waals surface area contributed by atoms with Crippen LogP contribution in [0.1, 0.15) is 25.7 Å². The molecule has 4 heteroatoms. The van der Waals surface area contributed by atoms with Crippen molar-refractivity contribution in [1.82, 2.24) is 0 Å². The van der Waals surface area contributed by atoms with E-state index in [1.165, 1.54) is 12.1 Å². The lowest BCUT2D eigenvalue weighted by atomic mass is 9.90. The maximum atomic E-state index is 13.4. The number of benzene rings is 1. The van der Waals surface area contributed by atoms with Gasteiger partial charge in [-0.1, -0.05) is 18.9 Å². The molecule has 0 bridgehead atoms. The average molecular weight is 258 g/mol. The molecule has 0 spiro atoms. The van der Waals surface area contributed by atoms with Gasteiger partial charge < -0.3 is 4.74 Å². The first-order valence-electron chi connectivity index (χ1n) is 5.85. The standard InChI is InChI=1S/C13H16F2OS/c14-10-4-3-5-11(12(10)15)16-8-13(9-17)6-1-2-7-13/h3-5,17H,1-2,6-9H2. The molecule has 0 unspecified atom stereocenters. The molecular weight excluding hydrogens is 242 g/mol. The Balaban J connectivity index is 2.04. The van der Waals surface area contributed by atoms with Gasteiger partial charge in [-0.3, -0.25) is 0 Å². The van der Waals surface area contributed by atoms with Crippen LogP contribution in [-0.4, -0.2) is 12.4 Å². The van der Waals surface area contributed by atoms with E-state index in [0.717, 1.165) is 37.5 Å². The van der Waals surface area contributed by atoms with Crippen LogP contribution in [0.2, 0.25) is 0 Å². The van der Waals surface area contributed by atoms with Crippen molar-refractivity contribution in [3.05, 3.63) is 29.8 Å². The van der Waals surface area contributed by atoms with Gasteiger partial charge in [-0.15, -0.1) is 0 Å². The third-order valence-electron chi connectivity index (χ3n) is 3.45. The molecule has 1 aliphatic rings. The SMILES string of the molecule is Fc1cccc(OCC2(CS)CCCC2)c1F. The third-order valence-corrected chi connectivity index (χ3v) is 4.12. The molecule has 0 atom stereocenters. The summed E-state index contributed by atoms with van der Waals surface area (Å²) in [5.74, 6) is -1.05. The highest BCUT2D eigenvalue weighted by atomic mass is 32.1. The van der Waals surface area contributed by atoms with Gasteiger partial charge in [-0.2, -0.15) is 17.0 Å². The third kappa shape index (κ3) is 2.73. The summed E-state index contributed by atoms with van der Waals surface area (Å²) in [7, 11) is 0. The van der Waals surface area contributed by atoms with E-state index < -0.39 is 11.6 Å². The minimum absolute atomic E-state index is 0.00180. The second kappa shape index (κ2) is 5.25. The molecule has 17 heavy (non-hydrogen) atoms. The fourth-order valence-electron chi connectivity index (χ4n) is 2.30. The normalized spacial score (nSPS) is 18.3. The molecule has 0 N–H and O–H groups in total. The second-order valence-electron chi connectivity index (χ2n) is 4.71. The van der Waals surface area contributed by atoms with Gasteiger partial charge in [0.2, 0.25) is 5.82 Å². The van der Waals surface area contributed by atoms with Crippen molar-refractivity contribution in [2.45, 2.75) is 25.7 Å². The lowest BCUT2D eigenvalue weighted by Crippen LogP contribution is -2.27. The monoisotopic (exact) mass is 258 g/mol. The van der Waals surface area contributed by atoms with Crippen LogP contribution in [0.15, 0.2) is 18.2 Å². The van der Waals surface area contributed by atoms with Crippen molar-refractivity contribution in [3.8, 4) is 5.75 Å². The van der Waals surface area contributed by atoms with Crippen LogP contribution < -0.4 is 4.74 Å². The fraction of sp³-hybridized carbons (Fsp3) is 0.538. The minimum atomic E-state index is -0.903. The Hall–Kier alpha value is -0.770. The number of hydrogen-bond acceptors (Lipinski definition) is 2. The predicted molar refractivity (Wildman–Crippen MR) is 66.6 cm³/mol. The highest BCUT2D eigenvalue weighted by molar-refractivity contribution is 7.80. The number of thiol groups is 1. The molecule has 0 radical (unpaired) electrons. The largest absolute Gasteiger partial charge is 0.490 e. The van der Waals surface area contributed by atoms with Crippen molar-refractivity contribution >= 4 is 12.6 Å². The van der Waals surface area contributed by atoms with E-state index in [1.54, 1.807) is 0 Å². The molecule has 0 aromatic heterocycles. The Morgan fingerprint density at radius 3 is 2.59 bits per heavy atom. The maximum absolute atomic E-state index is 13.4. The summed E-state index contributed by atoms with van der Waals surface area (Å²) >= 11 is 4.35. The summed E-state index contributed by atoms with van der Waals surface area (Å²) in [5.41, 5.74) is 0.0296. The topological polar surface area (TPSA) is 9.23 Å². The molecule has 1 fully saturated rings. The zero-order valence-corrected chi connectivity index (χ0v) is 10.5. The predicted octanol–water partition coefficient (Wildman–Crippen LogP) is 3.83. The molecule has 1 nitrogen and oxygen atoms in total. The van der Waals surface area contributed by atoms with Crippen molar-refractivity contribution in [2.24, 2.45) is 5.41 Å². The van der Waals surface area contributed by atoms with Crippen LogP contribution in [0, 0.1) is 17.0 Å². The van der Waals surface area contributed by atoms with Crippen LogP contribution >= 0.6 is 12.6 Å². The first-order chi connectivity index (χ1) is 8.17. The molecule has 1 aromatic carbocycles. The molecule has 0 saturated heterocycles. The van der Waals surface area contributed by atoms with Crippen LogP contribution in [0.4, 0.5) is 8.78 Å². The zero-order chi connectivity index (χ0) is 12.3. The van der Waals surface area contributed by atoms with Crippen molar-refractivity contribution in [1.29, 1.82) is 0 Å². The Morgan fingerprint density at radius 2 is 1.94 bits per heavy atom. The number of hydrogen-bond donors (Lipinski definition) is 1. The maximum Gasteiger partial charge on any atom is 0.200 e. The molecule has 1 aromatic rings. The Kier molecular flexibility index (Phi) is 3.92. The number of ether oxygens (including phenoxy) is 1. The molecule has 0 amide bonds. The molecule has 2 rings (SSSR count). The van der Waals surface area contributed by atoms with Gasteiger partial charge in [0.25, 0.3) is 0 Å². The van der Waals surface area contributed by atoms with E-state index in [1.807, 2.05) is 0 Å². The van der Waals surface area contributed by atoms with Gasteiger partial charge in [0, 0.05) is 5.41 Å². The van der Waals surface area contributed by atoms with E-state index >= 15 is 0 Å². The van der Waals surface area contributed by atoms with Gasteiger partial charge in [-0.25, -0.2) is 4.39 Å². The van der Waals surface area contributed by atoms with E-state index in [4.69, 9.17) is 4.74 Å². The Bertz CT molecular complexity index is 389. The first-order valence-corrected chi connectivity index (χ1v) is 6.48. The Morgan fingerprint density at radius 1 is 1.24 bits per heavy atom. The fourth-order valence-corrected chi connectivity index (χ4v) is 2.71. The quantitative estimate of drug-likeness (QED) is 0.807. The van der Waals surface area contributed by atoms with Crippen LogP contribution in [0.3, 0.4) is 0 Å². The van der Waals surface area contributed by atoms with E-state index in [-0.39, 0.29) is 11.2 Å². The summed E-state index contributed by atoms with van der Waals surface area (Å²) < 4.78 is 31.8. The summed E-state index contributed by atoms with van der Waals surface area (Å²) in [5, 5.41) is 0. The second-order valence-corrected chi connectivity index (χ2v) is 5.02. The van der Waals surface area contributed by atoms with Crippen LogP contribution in [-0.2, 0) is 0 Å². The van der Waals surface area contributed by atoms with Crippen LogP contribution in [0.25, 0.3) is 0 Å². The van der Waals surface area contributed by atoms with Gasteiger partial charge >= 0.3 is 0 Å². The summed E-state index contributed by atoms with van der Waals surface area (Å²) in [6.45, 7) is 0.414. The minimum Gasteiger partial charge on any atom is -0.490 e. The zero-order valence-electron chi connectivity index (χ0n) is 9.59. The first kappa shape index (κ1) is 12.7. The van der Waals surface area contributed by atoms with Crippen molar-refractivity contribution in [2.75, 3.05) is 12.4 Å². The molecular formula is C13H16F2OS. The number of halogens is 2. The van der Waals surface area contributed by atoms with Gasteiger partial charge in [0.1, 0.15) is 0 Å². The summed E-state index contributed by atoms with van der Waals surface area (Å²) in [6.07, 6.45) is 4.42. The molecule has 0 aliphatic heterocycles. The molecule has 0 heterocycles. The summed E-state index contributed by atoms with van der Waals surface area (Å²) in [6, 6.07) is 4.00. The van der Waals surface area contributed by atoms with E-state index in [0.29, 0.717) is 6.61 Å². The lowest BCUT2D eigenvalue weighted by Gasteiger charge is -2.26. The molecule has 1 aliphatic carbocycles. The average Bonchev–Trinajstić information content (AvgIpc) is 2.81.